The number of rotatable bonds is 6. The minimum Gasteiger partial charge on any atom is -0.467 e. The van der Waals surface area contributed by atoms with E-state index in [-0.39, 0.29) is 6.04 Å². The number of aryl methyl sites for hydroxylation is 1. The predicted molar refractivity (Wildman–Crippen MR) is 81.7 cm³/mol. The normalized spacial score (nSPS) is 12.4. The molecule has 2 aromatic heterocycles. The molecule has 0 amide bonds. The van der Waals surface area contributed by atoms with Crippen molar-refractivity contribution in [3.8, 4) is 0 Å². The zero-order valence-corrected chi connectivity index (χ0v) is 12.1. The summed E-state index contributed by atoms with van der Waals surface area (Å²) >= 11 is 0. The summed E-state index contributed by atoms with van der Waals surface area (Å²) in [5, 5.41) is 7.85. The minimum atomic E-state index is 0.0474. The van der Waals surface area contributed by atoms with Crippen molar-refractivity contribution in [3.63, 3.8) is 0 Å². The van der Waals surface area contributed by atoms with Gasteiger partial charge in [0.2, 0.25) is 0 Å². The molecule has 0 saturated heterocycles. The van der Waals surface area contributed by atoms with Gasteiger partial charge in [-0.1, -0.05) is 30.3 Å². The Kier molecular flexibility index (Phi) is 4.17. The average molecular weight is 281 g/mol. The molecule has 21 heavy (non-hydrogen) atoms. The summed E-state index contributed by atoms with van der Waals surface area (Å²) in [5.74, 6) is 0.920. The Morgan fingerprint density at radius 1 is 1.19 bits per heavy atom. The number of nitrogens with zero attached hydrogens (tertiary/aromatic N) is 2. The highest BCUT2D eigenvalue weighted by Crippen LogP contribution is 2.22. The second-order valence-corrected chi connectivity index (χ2v) is 4.94. The second-order valence-electron chi connectivity index (χ2n) is 4.94. The third-order valence-corrected chi connectivity index (χ3v) is 3.48. The van der Waals surface area contributed by atoms with Crippen molar-refractivity contribution in [2.24, 2.45) is 0 Å². The molecule has 0 spiro atoms. The van der Waals surface area contributed by atoms with Gasteiger partial charge in [-0.2, -0.15) is 5.10 Å². The van der Waals surface area contributed by atoms with Crippen molar-refractivity contribution in [2.75, 3.05) is 0 Å². The first kappa shape index (κ1) is 13.6. The van der Waals surface area contributed by atoms with Crippen molar-refractivity contribution >= 4 is 0 Å². The van der Waals surface area contributed by atoms with E-state index in [1.54, 1.807) is 6.26 Å². The van der Waals surface area contributed by atoms with Crippen LogP contribution < -0.4 is 5.32 Å². The first-order valence-electron chi connectivity index (χ1n) is 7.20. The molecule has 1 aromatic carbocycles. The summed E-state index contributed by atoms with van der Waals surface area (Å²) in [6.45, 7) is 3.72. The Labute approximate surface area is 124 Å². The highest BCUT2D eigenvalue weighted by molar-refractivity contribution is 5.26. The van der Waals surface area contributed by atoms with Gasteiger partial charge in [0.15, 0.2) is 0 Å². The SMILES string of the molecule is CCn1cc(CNC(c2ccccc2)c2ccco2)cn1. The van der Waals surface area contributed by atoms with E-state index in [1.807, 2.05) is 41.2 Å². The Hall–Kier alpha value is -2.33. The van der Waals surface area contributed by atoms with Crippen LogP contribution in [0.3, 0.4) is 0 Å². The molecule has 0 aliphatic heterocycles. The fraction of sp³-hybridized carbons (Fsp3) is 0.235. The number of benzene rings is 1. The summed E-state index contributed by atoms with van der Waals surface area (Å²) in [6.07, 6.45) is 5.68. The van der Waals surface area contributed by atoms with Gasteiger partial charge in [0, 0.05) is 24.8 Å². The van der Waals surface area contributed by atoms with E-state index in [2.05, 4.69) is 35.7 Å². The molecule has 1 unspecified atom stereocenters. The fourth-order valence-corrected chi connectivity index (χ4v) is 2.37. The topological polar surface area (TPSA) is 43.0 Å². The van der Waals surface area contributed by atoms with Crippen molar-refractivity contribution in [1.82, 2.24) is 15.1 Å². The number of furan rings is 1. The van der Waals surface area contributed by atoms with E-state index in [1.165, 1.54) is 11.1 Å². The summed E-state index contributed by atoms with van der Waals surface area (Å²) in [4.78, 5) is 0. The van der Waals surface area contributed by atoms with Crippen molar-refractivity contribution < 1.29 is 4.42 Å². The third-order valence-electron chi connectivity index (χ3n) is 3.48. The molecule has 108 valence electrons. The Morgan fingerprint density at radius 2 is 2.05 bits per heavy atom. The van der Waals surface area contributed by atoms with E-state index in [0.29, 0.717) is 0 Å². The van der Waals surface area contributed by atoms with Gasteiger partial charge in [-0.05, 0) is 24.6 Å². The van der Waals surface area contributed by atoms with Crippen molar-refractivity contribution in [1.29, 1.82) is 0 Å². The van der Waals surface area contributed by atoms with Crippen LogP contribution in [0.2, 0.25) is 0 Å². The maximum absolute atomic E-state index is 5.58. The van der Waals surface area contributed by atoms with Crippen LogP contribution in [0.1, 0.15) is 29.9 Å². The van der Waals surface area contributed by atoms with Gasteiger partial charge in [0.05, 0.1) is 18.5 Å². The maximum atomic E-state index is 5.58. The lowest BCUT2D eigenvalue weighted by atomic mass is 10.0. The quantitative estimate of drug-likeness (QED) is 0.753. The van der Waals surface area contributed by atoms with Gasteiger partial charge in [0.25, 0.3) is 0 Å². The lowest BCUT2D eigenvalue weighted by Crippen LogP contribution is -2.21. The molecule has 0 saturated carbocycles. The predicted octanol–water partition coefficient (Wildman–Crippen LogP) is 3.38. The third kappa shape index (κ3) is 3.23. The molecular weight excluding hydrogens is 262 g/mol. The molecule has 0 fully saturated rings. The zero-order valence-electron chi connectivity index (χ0n) is 12.1. The van der Waals surface area contributed by atoms with E-state index in [0.717, 1.165) is 18.8 Å². The average Bonchev–Trinajstić information content (AvgIpc) is 3.20. The largest absolute Gasteiger partial charge is 0.467 e. The van der Waals surface area contributed by atoms with Crippen LogP contribution >= 0.6 is 0 Å². The molecule has 0 bridgehead atoms. The van der Waals surface area contributed by atoms with E-state index >= 15 is 0 Å². The summed E-state index contributed by atoms with van der Waals surface area (Å²) in [6, 6.07) is 14.3. The fourth-order valence-electron chi connectivity index (χ4n) is 2.37. The number of hydrogen-bond donors (Lipinski definition) is 1. The standard InChI is InChI=1S/C17H19N3O/c1-2-20-13-14(12-19-20)11-18-17(16-9-6-10-21-16)15-7-4-3-5-8-15/h3-10,12-13,17-18H,2,11H2,1H3. The van der Waals surface area contributed by atoms with Crippen LogP contribution in [0.5, 0.6) is 0 Å². The number of nitrogens with one attached hydrogen (secondary N) is 1. The molecule has 4 nitrogen and oxygen atoms in total. The van der Waals surface area contributed by atoms with Crippen LogP contribution in [0.4, 0.5) is 0 Å². The van der Waals surface area contributed by atoms with Crippen LogP contribution in [-0.2, 0) is 13.1 Å². The summed E-state index contributed by atoms with van der Waals surface area (Å²) in [5.41, 5.74) is 2.36. The molecule has 1 N–H and O–H groups in total. The molecule has 3 aromatic rings. The van der Waals surface area contributed by atoms with Gasteiger partial charge in [0.1, 0.15) is 5.76 Å². The van der Waals surface area contributed by atoms with E-state index in [9.17, 15) is 0 Å². The summed E-state index contributed by atoms with van der Waals surface area (Å²) in [7, 11) is 0. The maximum Gasteiger partial charge on any atom is 0.125 e. The lowest BCUT2D eigenvalue weighted by molar-refractivity contribution is 0.446. The monoisotopic (exact) mass is 281 g/mol. The zero-order chi connectivity index (χ0) is 14.5. The highest BCUT2D eigenvalue weighted by atomic mass is 16.3. The van der Waals surface area contributed by atoms with Gasteiger partial charge >= 0.3 is 0 Å². The van der Waals surface area contributed by atoms with Gasteiger partial charge in [-0.15, -0.1) is 0 Å². The molecule has 2 heterocycles. The van der Waals surface area contributed by atoms with Gasteiger partial charge in [-0.25, -0.2) is 0 Å². The molecule has 1 atom stereocenters. The first-order valence-corrected chi connectivity index (χ1v) is 7.20. The van der Waals surface area contributed by atoms with Crippen LogP contribution in [0.25, 0.3) is 0 Å². The molecule has 0 radical (unpaired) electrons. The molecule has 4 heteroatoms. The highest BCUT2D eigenvalue weighted by Gasteiger charge is 2.16. The van der Waals surface area contributed by atoms with Gasteiger partial charge < -0.3 is 4.42 Å². The lowest BCUT2D eigenvalue weighted by Gasteiger charge is -2.16. The number of aromatic nitrogens is 2. The van der Waals surface area contributed by atoms with Crippen molar-refractivity contribution in [3.05, 3.63) is 78.0 Å². The van der Waals surface area contributed by atoms with Crippen LogP contribution in [-0.4, -0.2) is 9.78 Å². The van der Waals surface area contributed by atoms with Crippen LogP contribution in [0, 0.1) is 0 Å². The first-order chi connectivity index (χ1) is 10.4. The smallest absolute Gasteiger partial charge is 0.125 e. The van der Waals surface area contributed by atoms with E-state index in [4.69, 9.17) is 4.42 Å². The Bertz CT molecular complexity index is 658. The molecule has 0 aliphatic carbocycles. The van der Waals surface area contributed by atoms with E-state index < -0.39 is 0 Å². The van der Waals surface area contributed by atoms with Crippen molar-refractivity contribution in [2.45, 2.75) is 26.1 Å². The van der Waals surface area contributed by atoms with Gasteiger partial charge in [-0.3, -0.25) is 10.00 Å². The molecule has 3 rings (SSSR count). The number of hydrogen-bond acceptors (Lipinski definition) is 3. The second kappa shape index (κ2) is 6.41. The minimum absolute atomic E-state index is 0.0474. The summed E-state index contributed by atoms with van der Waals surface area (Å²) < 4.78 is 7.51. The molecular formula is C17H19N3O. The Morgan fingerprint density at radius 3 is 2.71 bits per heavy atom. The van der Waals surface area contributed by atoms with Crippen LogP contribution in [0.15, 0.2) is 65.5 Å². The molecule has 0 aliphatic rings. The Balaban J connectivity index is 1.77.